The molecule has 110 valence electrons. The summed E-state index contributed by atoms with van der Waals surface area (Å²) in [6.07, 6.45) is 2.58. The fourth-order valence-corrected chi connectivity index (χ4v) is 2.15. The minimum atomic E-state index is 0.614. The van der Waals surface area contributed by atoms with Crippen molar-refractivity contribution in [2.24, 2.45) is 0 Å². The zero-order chi connectivity index (χ0) is 14.7. The summed E-state index contributed by atoms with van der Waals surface area (Å²) in [5, 5.41) is 6.94. The van der Waals surface area contributed by atoms with Gasteiger partial charge in [-0.15, -0.1) is 0 Å². The molecule has 1 aliphatic rings. The molecule has 0 atom stereocenters. The second-order valence-corrected chi connectivity index (χ2v) is 4.82. The molecular formula is C13H16N6O2. The molecule has 0 spiro atoms. The average molecular weight is 288 g/mol. The minimum Gasteiger partial charge on any atom is -0.360 e. The summed E-state index contributed by atoms with van der Waals surface area (Å²) >= 11 is 0. The van der Waals surface area contributed by atoms with E-state index in [2.05, 4.69) is 25.3 Å². The maximum atomic E-state index is 10.7. The molecule has 8 nitrogen and oxygen atoms in total. The molecule has 0 unspecified atom stereocenters. The number of carbonyl (C=O) groups excluding carboxylic acids is 1. The first-order valence-electron chi connectivity index (χ1n) is 6.72. The Morgan fingerprint density at radius 3 is 2.76 bits per heavy atom. The summed E-state index contributed by atoms with van der Waals surface area (Å²) in [6.45, 7) is 4.66. The monoisotopic (exact) mass is 288 g/mol. The van der Waals surface area contributed by atoms with Crippen LogP contribution in [0.25, 0.3) is 0 Å². The van der Waals surface area contributed by atoms with Gasteiger partial charge >= 0.3 is 0 Å². The van der Waals surface area contributed by atoms with Crippen LogP contribution in [0.4, 0.5) is 17.6 Å². The van der Waals surface area contributed by atoms with Gasteiger partial charge in [0.05, 0.1) is 0 Å². The van der Waals surface area contributed by atoms with Crippen molar-refractivity contribution in [2.45, 2.75) is 6.92 Å². The van der Waals surface area contributed by atoms with Crippen LogP contribution in [0.2, 0.25) is 0 Å². The molecule has 0 radical (unpaired) electrons. The quantitative estimate of drug-likeness (QED) is 0.832. The van der Waals surface area contributed by atoms with Crippen LogP contribution >= 0.6 is 0 Å². The van der Waals surface area contributed by atoms with E-state index in [-0.39, 0.29) is 0 Å². The number of nitrogens with zero attached hydrogens (tertiary/aromatic N) is 5. The second kappa shape index (κ2) is 5.78. The van der Waals surface area contributed by atoms with Crippen molar-refractivity contribution < 1.29 is 9.32 Å². The average Bonchev–Trinajstić information content (AvgIpc) is 2.93. The molecule has 0 aromatic carbocycles. The number of hydrogen-bond acceptors (Lipinski definition) is 7. The van der Waals surface area contributed by atoms with Gasteiger partial charge in [0.25, 0.3) is 0 Å². The summed E-state index contributed by atoms with van der Waals surface area (Å²) in [7, 11) is 0. The van der Waals surface area contributed by atoms with Crippen molar-refractivity contribution in [3.63, 3.8) is 0 Å². The van der Waals surface area contributed by atoms with Crippen molar-refractivity contribution >= 4 is 24.0 Å². The van der Waals surface area contributed by atoms with Gasteiger partial charge in [0.15, 0.2) is 5.82 Å². The van der Waals surface area contributed by atoms with Crippen LogP contribution in [0, 0.1) is 6.92 Å². The largest absolute Gasteiger partial charge is 0.360 e. The molecule has 2 aromatic heterocycles. The van der Waals surface area contributed by atoms with Gasteiger partial charge < -0.3 is 19.6 Å². The standard InChI is InChI=1S/C13H16N6O2/c1-10-8-12(17-21-10)15-11-2-3-14-13(16-11)19-6-4-18(9-20)5-7-19/h2-3,8-9H,4-7H2,1H3,(H,14,15,16,17). The highest BCUT2D eigenvalue weighted by Crippen LogP contribution is 2.17. The maximum absolute atomic E-state index is 10.7. The zero-order valence-corrected chi connectivity index (χ0v) is 11.7. The van der Waals surface area contributed by atoms with Gasteiger partial charge in [-0.05, 0) is 13.0 Å². The minimum absolute atomic E-state index is 0.614. The van der Waals surface area contributed by atoms with E-state index < -0.39 is 0 Å². The van der Waals surface area contributed by atoms with E-state index in [0.29, 0.717) is 30.7 Å². The predicted molar refractivity (Wildman–Crippen MR) is 76.4 cm³/mol. The van der Waals surface area contributed by atoms with Crippen LogP contribution in [0.3, 0.4) is 0 Å². The molecule has 0 bridgehead atoms. The summed E-state index contributed by atoms with van der Waals surface area (Å²) in [6, 6.07) is 3.57. The van der Waals surface area contributed by atoms with Crippen molar-refractivity contribution in [2.75, 3.05) is 36.4 Å². The number of piperazine rings is 1. The highest BCUT2D eigenvalue weighted by Gasteiger charge is 2.18. The molecule has 1 N–H and O–H groups in total. The molecule has 3 rings (SSSR count). The van der Waals surface area contributed by atoms with Gasteiger partial charge in [-0.2, -0.15) is 4.98 Å². The summed E-state index contributed by atoms with van der Waals surface area (Å²) in [4.78, 5) is 23.3. The number of carbonyl (C=O) groups is 1. The van der Waals surface area contributed by atoms with Gasteiger partial charge in [-0.25, -0.2) is 4.98 Å². The van der Waals surface area contributed by atoms with E-state index in [9.17, 15) is 4.79 Å². The van der Waals surface area contributed by atoms with Crippen molar-refractivity contribution in [3.05, 3.63) is 24.1 Å². The van der Waals surface area contributed by atoms with Crippen molar-refractivity contribution in [3.8, 4) is 0 Å². The molecule has 1 amide bonds. The molecular weight excluding hydrogens is 272 g/mol. The Morgan fingerprint density at radius 2 is 2.10 bits per heavy atom. The molecule has 1 saturated heterocycles. The van der Waals surface area contributed by atoms with E-state index in [1.165, 1.54) is 0 Å². The SMILES string of the molecule is Cc1cc(Nc2ccnc(N3CCN(C=O)CC3)n2)no1. The lowest BCUT2D eigenvalue weighted by Gasteiger charge is -2.32. The Labute approximate surface area is 121 Å². The molecule has 1 aliphatic heterocycles. The van der Waals surface area contributed by atoms with Crippen LogP contribution in [0.15, 0.2) is 22.9 Å². The molecule has 0 saturated carbocycles. The molecule has 3 heterocycles. The Balaban J connectivity index is 1.70. The van der Waals surface area contributed by atoms with Crippen LogP contribution in [-0.2, 0) is 4.79 Å². The maximum Gasteiger partial charge on any atom is 0.227 e. The van der Waals surface area contributed by atoms with Crippen LogP contribution < -0.4 is 10.2 Å². The van der Waals surface area contributed by atoms with E-state index in [4.69, 9.17) is 4.52 Å². The molecule has 1 fully saturated rings. The van der Waals surface area contributed by atoms with E-state index in [1.54, 1.807) is 23.2 Å². The Bertz CT molecular complexity index is 621. The van der Waals surface area contributed by atoms with E-state index in [1.807, 2.05) is 6.92 Å². The first-order valence-corrected chi connectivity index (χ1v) is 6.72. The number of hydrogen-bond donors (Lipinski definition) is 1. The molecule has 2 aromatic rings. The summed E-state index contributed by atoms with van der Waals surface area (Å²) in [5.41, 5.74) is 0. The van der Waals surface area contributed by atoms with E-state index >= 15 is 0 Å². The first-order chi connectivity index (χ1) is 10.2. The third-order valence-electron chi connectivity index (χ3n) is 3.27. The second-order valence-electron chi connectivity index (χ2n) is 4.82. The number of amides is 1. The molecule has 8 heteroatoms. The number of aromatic nitrogens is 3. The predicted octanol–water partition coefficient (Wildman–Crippen LogP) is 0.795. The van der Waals surface area contributed by atoms with Gasteiger partial charge in [0.2, 0.25) is 12.4 Å². The fourth-order valence-electron chi connectivity index (χ4n) is 2.15. The van der Waals surface area contributed by atoms with Crippen molar-refractivity contribution in [1.29, 1.82) is 0 Å². The smallest absolute Gasteiger partial charge is 0.227 e. The lowest BCUT2D eigenvalue weighted by molar-refractivity contribution is -0.118. The van der Waals surface area contributed by atoms with Crippen LogP contribution in [0.1, 0.15) is 5.76 Å². The van der Waals surface area contributed by atoms with Gasteiger partial charge in [-0.1, -0.05) is 5.16 Å². The Hall–Kier alpha value is -2.64. The molecule has 21 heavy (non-hydrogen) atoms. The normalized spacial score (nSPS) is 15.1. The Kier molecular flexibility index (Phi) is 3.67. The van der Waals surface area contributed by atoms with Crippen molar-refractivity contribution in [1.82, 2.24) is 20.0 Å². The number of aryl methyl sites for hydroxylation is 1. The van der Waals surface area contributed by atoms with Gasteiger partial charge in [-0.3, -0.25) is 4.79 Å². The topological polar surface area (TPSA) is 87.4 Å². The third-order valence-corrected chi connectivity index (χ3v) is 3.27. The third kappa shape index (κ3) is 3.10. The van der Waals surface area contributed by atoms with Crippen LogP contribution in [0.5, 0.6) is 0 Å². The lowest BCUT2D eigenvalue weighted by atomic mass is 10.3. The van der Waals surface area contributed by atoms with E-state index in [0.717, 1.165) is 25.3 Å². The van der Waals surface area contributed by atoms with Gasteiger partial charge in [0.1, 0.15) is 11.6 Å². The summed E-state index contributed by atoms with van der Waals surface area (Å²) in [5.74, 6) is 2.65. The van der Waals surface area contributed by atoms with Gasteiger partial charge in [0, 0.05) is 38.4 Å². The van der Waals surface area contributed by atoms with Crippen LogP contribution in [-0.4, -0.2) is 52.6 Å². The summed E-state index contributed by atoms with van der Waals surface area (Å²) < 4.78 is 5.00. The number of rotatable bonds is 4. The zero-order valence-electron chi connectivity index (χ0n) is 11.7. The highest BCUT2D eigenvalue weighted by molar-refractivity contribution is 5.53. The lowest BCUT2D eigenvalue weighted by Crippen LogP contribution is -2.46. The highest BCUT2D eigenvalue weighted by atomic mass is 16.5. The fraction of sp³-hybridized carbons (Fsp3) is 0.385. The Morgan fingerprint density at radius 1 is 1.29 bits per heavy atom. The number of anilines is 3. The first kappa shape index (κ1) is 13.3. The number of nitrogens with one attached hydrogen (secondary N) is 1. The molecule has 0 aliphatic carbocycles.